The third-order valence-corrected chi connectivity index (χ3v) is 7.32. The number of fused-ring (bicyclic) bond motifs is 1. The topological polar surface area (TPSA) is 56.8 Å². The Bertz CT molecular complexity index is 1280. The summed E-state index contributed by atoms with van der Waals surface area (Å²) in [6, 6.07) is 16.5. The Morgan fingerprint density at radius 1 is 1.06 bits per heavy atom. The largest absolute Gasteiger partial charge is 0.338 e. The molecule has 6 nitrogen and oxygen atoms in total. The fraction of sp³-hybridized carbons (Fsp3) is 0.345. The highest BCUT2D eigenvalue weighted by atomic mass is 19.1. The summed E-state index contributed by atoms with van der Waals surface area (Å²) in [5.41, 5.74) is 2.75. The number of hydrogen-bond donors (Lipinski definition) is 0. The molecule has 0 bridgehead atoms. The minimum absolute atomic E-state index is 0.0362. The number of carbonyl (C=O) groups excluding carboxylic acids is 2. The Morgan fingerprint density at radius 3 is 2.61 bits per heavy atom. The molecule has 2 saturated heterocycles. The van der Waals surface area contributed by atoms with Gasteiger partial charge in [-0.1, -0.05) is 29.8 Å². The lowest BCUT2D eigenvalue weighted by molar-refractivity contribution is -0.126. The van der Waals surface area contributed by atoms with Crippen molar-refractivity contribution in [1.82, 2.24) is 19.7 Å². The quantitative estimate of drug-likeness (QED) is 0.506. The summed E-state index contributed by atoms with van der Waals surface area (Å²) in [6.07, 6.45) is 5.76. The van der Waals surface area contributed by atoms with Gasteiger partial charge in [-0.3, -0.25) is 19.5 Å². The molecular formula is C29H31FN4O2. The van der Waals surface area contributed by atoms with Crippen LogP contribution < -0.4 is 0 Å². The van der Waals surface area contributed by atoms with Gasteiger partial charge in [-0.05, 0) is 65.9 Å². The molecule has 186 valence electrons. The highest BCUT2D eigenvalue weighted by molar-refractivity contribution is 5.92. The van der Waals surface area contributed by atoms with E-state index in [0.717, 1.165) is 42.4 Å². The number of aromatic nitrogens is 1. The number of amides is 2. The highest BCUT2D eigenvalue weighted by Gasteiger charge is 2.28. The number of likely N-dealkylation sites (tertiary alicyclic amines) is 2. The zero-order chi connectivity index (χ0) is 25.1. The van der Waals surface area contributed by atoms with Gasteiger partial charge in [0.1, 0.15) is 11.5 Å². The van der Waals surface area contributed by atoms with Gasteiger partial charge in [0.25, 0.3) is 5.91 Å². The van der Waals surface area contributed by atoms with Gasteiger partial charge in [0.15, 0.2) is 0 Å². The molecule has 1 atom stereocenters. The monoisotopic (exact) mass is 486 g/mol. The third kappa shape index (κ3) is 5.46. The first kappa shape index (κ1) is 24.1. The van der Waals surface area contributed by atoms with Crippen LogP contribution in [-0.4, -0.2) is 70.8 Å². The second-order valence-corrected chi connectivity index (χ2v) is 9.76. The van der Waals surface area contributed by atoms with Crippen LogP contribution in [0.25, 0.3) is 10.8 Å². The molecule has 3 heterocycles. The molecule has 2 aliphatic rings. The summed E-state index contributed by atoms with van der Waals surface area (Å²) in [6.45, 7) is 3.79. The van der Waals surface area contributed by atoms with Crippen LogP contribution in [0.5, 0.6) is 0 Å². The van der Waals surface area contributed by atoms with Crippen LogP contribution in [0.1, 0.15) is 35.3 Å². The number of nitrogens with zero attached hydrogens (tertiary/aromatic N) is 4. The van der Waals surface area contributed by atoms with Crippen molar-refractivity contribution < 1.29 is 14.0 Å². The van der Waals surface area contributed by atoms with Gasteiger partial charge in [0.2, 0.25) is 5.91 Å². The maximum Gasteiger partial charge on any atom is 0.272 e. The maximum atomic E-state index is 13.4. The van der Waals surface area contributed by atoms with E-state index < -0.39 is 0 Å². The van der Waals surface area contributed by atoms with E-state index in [2.05, 4.69) is 22.0 Å². The lowest BCUT2D eigenvalue weighted by Crippen LogP contribution is -2.39. The summed E-state index contributed by atoms with van der Waals surface area (Å²) in [5.74, 6) is -0.236. The van der Waals surface area contributed by atoms with E-state index in [1.54, 1.807) is 30.5 Å². The van der Waals surface area contributed by atoms with E-state index in [9.17, 15) is 14.0 Å². The van der Waals surface area contributed by atoms with Gasteiger partial charge < -0.3 is 9.80 Å². The molecule has 7 heteroatoms. The van der Waals surface area contributed by atoms with Crippen molar-refractivity contribution in [3.8, 4) is 0 Å². The number of halogens is 1. The Balaban J connectivity index is 1.13. The molecule has 5 rings (SSSR count). The fourth-order valence-corrected chi connectivity index (χ4v) is 5.14. The second kappa shape index (κ2) is 10.6. The number of carbonyl (C=O) groups is 2. The zero-order valence-corrected chi connectivity index (χ0v) is 20.6. The summed E-state index contributed by atoms with van der Waals surface area (Å²) < 4.78 is 13.4. The van der Waals surface area contributed by atoms with E-state index in [4.69, 9.17) is 0 Å². The molecule has 0 spiro atoms. The molecule has 0 unspecified atom stereocenters. The third-order valence-electron chi connectivity index (χ3n) is 7.32. The van der Waals surface area contributed by atoms with Gasteiger partial charge in [-0.25, -0.2) is 4.39 Å². The molecule has 0 saturated carbocycles. The van der Waals surface area contributed by atoms with Crippen LogP contribution >= 0.6 is 0 Å². The predicted molar refractivity (Wildman–Crippen MR) is 138 cm³/mol. The molecule has 2 amide bonds. The Kier molecular flexibility index (Phi) is 7.09. The lowest BCUT2D eigenvalue weighted by Gasteiger charge is -2.29. The average molecular weight is 487 g/mol. The van der Waals surface area contributed by atoms with Gasteiger partial charge in [-0.2, -0.15) is 0 Å². The molecule has 0 N–H and O–H groups in total. The van der Waals surface area contributed by atoms with Crippen molar-refractivity contribution in [3.05, 3.63) is 89.5 Å². The summed E-state index contributed by atoms with van der Waals surface area (Å²) in [7, 11) is 1.89. The number of likely N-dealkylation sites (N-methyl/N-ethyl adjacent to an activating group) is 1. The van der Waals surface area contributed by atoms with Gasteiger partial charge in [0, 0.05) is 58.1 Å². The summed E-state index contributed by atoms with van der Waals surface area (Å²) in [5, 5.41) is 1.94. The van der Waals surface area contributed by atoms with E-state index >= 15 is 0 Å². The van der Waals surface area contributed by atoms with Crippen molar-refractivity contribution in [2.45, 2.75) is 31.8 Å². The number of hydrogen-bond acceptors (Lipinski definition) is 4. The predicted octanol–water partition coefficient (Wildman–Crippen LogP) is 4.27. The standard InChI is InChI=1S/C29H31FN4O2/c1-32(28(35)17-21-9-14-34(15-10-21)29(36)27-4-2-3-12-31-27)26-11-13-33(20-26)19-22-5-6-24-18-25(30)8-7-23(24)16-22/h2-8,12,16-18,26H,9-11,13-15,19-20H2,1H3/t26-/m1/s1. The first-order chi connectivity index (χ1) is 17.5. The van der Waals surface area contributed by atoms with Crippen LogP contribution in [-0.2, 0) is 11.3 Å². The minimum Gasteiger partial charge on any atom is -0.338 e. The average Bonchev–Trinajstić information content (AvgIpc) is 3.37. The molecule has 2 fully saturated rings. The number of pyridine rings is 1. The first-order valence-corrected chi connectivity index (χ1v) is 12.5. The molecular weight excluding hydrogens is 455 g/mol. The van der Waals surface area contributed by atoms with Crippen LogP contribution in [0.2, 0.25) is 0 Å². The van der Waals surface area contributed by atoms with Gasteiger partial charge >= 0.3 is 0 Å². The van der Waals surface area contributed by atoms with Crippen molar-refractivity contribution in [1.29, 1.82) is 0 Å². The molecule has 3 aromatic rings. The molecule has 2 aliphatic heterocycles. The highest BCUT2D eigenvalue weighted by Crippen LogP contribution is 2.23. The van der Waals surface area contributed by atoms with Gasteiger partial charge in [-0.15, -0.1) is 0 Å². The Morgan fingerprint density at radius 2 is 1.83 bits per heavy atom. The molecule has 0 aliphatic carbocycles. The van der Waals surface area contributed by atoms with E-state index in [0.29, 0.717) is 31.6 Å². The molecule has 1 aromatic heterocycles. The minimum atomic E-state index is -0.219. The van der Waals surface area contributed by atoms with Crippen molar-refractivity contribution in [3.63, 3.8) is 0 Å². The van der Waals surface area contributed by atoms with Crippen LogP contribution in [0.15, 0.2) is 72.4 Å². The molecule has 2 aromatic carbocycles. The zero-order valence-electron chi connectivity index (χ0n) is 20.6. The van der Waals surface area contributed by atoms with Crippen LogP contribution in [0.4, 0.5) is 4.39 Å². The first-order valence-electron chi connectivity index (χ1n) is 12.5. The smallest absolute Gasteiger partial charge is 0.272 e. The Labute approximate surface area is 211 Å². The van der Waals surface area contributed by atoms with Crippen LogP contribution in [0.3, 0.4) is 0 Å². The van der Waals surface area contributed by atoms with Crippen molar-refractivity contribution in [2.24, 2.45) is 0 Å². The Hall–Kier alpha value is -3.58. The van der Waals surface area contributed by atoms with E-state index in [-0.39, 0.29) is 23.7 Å². The molecule has 36 heavy (non-hydrogen) atoms. The lowest BCUT2D eigenvalue weighted by atomic mass is 10.0. The van der Waals surface area contributed by atoms with Crippen molar-refractivity contribution >= 4 is 22.6 Å². The SMILES string of the molecule is CN(C(=O)C=C1CCN(C(=O)c2ccccn2)CC1)[C@@H]1CCN(Cc2ccc3cc(F)ccc3c2)C1. The molecule has 0 radical (unpaired) electrons. The second-order valence-electron chi connectivity index (χ2n) is 9.76. The fourth-order valence-electron chi connectivity index (χ4n) is 5.14. The maximum absolute atomic E-state index is 13.4. The number of rotatable bonds is 5. The number of benzene rings is 2. The van der Waals surface area contributed by atoms with E-state index in [1.165, 1.54) is 11.6 Å². The van der Waals surface area contributed by atoms with E-state index in [1.807, 2.05) is 35.0 Å². The number of piperidine rings is 1. The summed E-state index contributed by atoms with van der Waals surface area (Å²) in [4.78, 5) is 35.8. The summed E-state index contributed by atoms with van der Waals surface area (Å²) >= 11 is 0. The van der Waals surface area contributed by atoms with Crippen LogP contribution in [0, 0.1) is 5.82 Å². The normalized spacial score (nSPS) is 18.4. The van der Waals surface area contributed by atoms with Crippen molar-refractivity contribution in [2.75, 3.05) is 33.2 Å². The van der Waals surface area contributed by atoms with Gasteiger partial charge in [0.05, 0.1) is 0 Å².